The molecule has 2 aliphatic rings. The van der Waals surface area contributed by atoms with Crippen molar-refractivity contribution in [2.75, 3.05) is 6.26 Å². The molecule has 2 fully saturated rings. The van der Waals surface area contributed by atoms with Gasteiger partial charge in [0, 0.05) is 16.7 Å². The molecule has 0 atom stereocenters. The van der Waals surface area contributed by atoms with Gasteiger partial charge in [0.2, 0.25) is 0 Å². The van der Waals surface area contributed by atoms with Gasteiger partial charge >= 0.3 is 0 Å². The highest BCUT2D eigenvalue weighted by Gasteiger charge is 2.58. The number of hydrogen-bond donors (Lipinski definition) is 2. The van der Waals surface area contributed by atoms with E-state index in [1.54, 1.807) is 0 Å². The molecule has 3 N–H and O–H groups in total. The molecular formula is C28H26N6OS. The number of aliphatic hydroxyl groups is 1. The number of rotatable bonds is 5. The first-order valence-electron chi connectivity index (χ1n) is 12.2. The zero-order valence-electron chi connectivity index (χ0n) is 19.9. The van der Waals surface area contributed by atoms with Crippen LogP contribution in [0.1, 0.15) is 31.2 Å². The van der Waals surface area contributed by atoms with E-state index in [2.05, 4.69) is 46.6 Å². The summed E-state index contributed by atoms with van der Waals surface area (Å²) in [4.78, 5) is 10.2. The van der Waals surface area contributed by atoms with Gasteiger partial charge in [0.15, 0.2) is 16.5 Å². The Balaban J connectivity index is 1.35. The molecule has 0 amide bonds. The van der Waals surface area contributed by atoms with Gasteiger partial charge < -0.3 is 10.8 Å². The molecule has 36 heavy (non-hydrogen) atoms. The van der Waals surface area contributed by atoms with Crippen molar-refractivity contribution >= 4 is 28.6 Å². The largest absolute Gasteiger partial charge is 0.389 e. The van der Waals surface area contributed by atoms with Crippen LogP contribution in [0.25, 0.3) is 39.3 Å². The van der Waals surface area contributed by atoms with Crippen LogP contribution in [0.15, 0.2) is 71.9 Å². The van der Waals surface area contributed by atoms with Crippen molar-refractivity contribution in [2.45, 2.75) is 42.0 Å². The van der Waals surface area contributed by atoms with E-state index in [0.717, 1.165) is 62.9 Å². The van der Waals surface area contributed by atoms with Gasteiger partial charge in [0.1, 0.15) is 5.52 Å². The summed E-state index contributed by atoms with van der Waals surface area (Å²) in [5.41, 5.74) is 12.6. The van der Waals surface area contributed by atoms with E-state index < -0.39 is 11.1 Å². The molecule has 5 aromatic rings. The Morgan fingerprint density at radius 3 is 2.28 bits per heavy atom. The minimum Gasteiger partial charge on any atom is -0.389 e. The Morgan fingerprint density at radius 1 is 0.889 bits per heavy atom. The fourth-order valence-electron chi connectivity index (χ4n) is 5.70. The summed E-state index contributed by atoms with van der Waals surface area (Å²) >= 11 is 1.53. The van der Waals surface area contributed by atoms with E-state index in [1.165, 1.54) is 11.8 Å². The monoisotopic (exact) mass is 494 g/mol. The molecule has 180 valence electrons. The molecule has 0 radical (unpaired) electrons. The SMILES string of the molecule is CSc1nnc2ccc3nc(-c4ccc(C5(N)CC(O)(C6CC6)C5)cc4)c(-c4ccccc4)nc3n12. The van der Waals surface area contributed by atoms with Crippen molar-refractivity contribution in [3.05, 3.63) is 72.3 Å². The minimum absolute atomic E-state index is 0.429. The smallest absolute Gasteiger partial charge is 0.197 e. The van der Waals surface area contributed by atoms with Gasteiger partial charge in [-0.15, -0.1) is 10.2 Å². The molecule has 0 aliphatic heterocycles. The highest BCUT2D eigenvalue weighted by molar-refractivity contribution is 7.98. The van der Waals surface area contributed by atoms with Gasteiger partial charge in [-0.25, -0.2) is 9.97 Å². The summed E-state index contributed by atoms with van der Waals surface area (Å²) in [7, 11) is 0. The third-order valence-corrected chi connectivity index (χ3v) is 8.34. The molecule has 8 heteroatoms. The molecule has 0 saturated heterocycles. The lowest BCUT2D eigenvalue weighted by Gasteiger charge is -2.52. The molecule has 2 aliphatic carbocycles. The van der Waals surface area contributed by atoms with Gasteiger partial charge in [0.25, 0.3) is 0 Å². The predicted octanol–water partition coefficient (Wildman–Crippen LogP) is 4.82. The maximum Gasteiger partial charge on any atom is 0.197 e. The van der Waals surface area contributed by atoms with Crippen LogP contribution in [0.2, 0.25) is 0 Å². The second-order valence-electron chi connectivity index (χ2n) is 10.2. The second-order valence-corrected chi connectivity index (χ2v) is 10.9. The number of pyridine rings is 1. The number of nitrogens with zero attached hydrogens (tertiary/aromatic N) is 5. The summed E-state index contributed by atoms with van der Waals surface area (Å²) in [6.45, 7) is 0. The quantitative estimate of drug-likeness (QED) is 0.338. The van der Waals surface area contributed by atoms with Crippen LogP contribution in [0.4, 0.5) is 0 Å². The van der Waals surface area contributed by atoms with Crippen LogP contribution in [0.5, 0.6) is 0 Å². The number of benzene rings is 2. The molecule has 3 aromatic heterocycles. The normalized spacial score (nSPS) is 23.8. The zero-order valence-corrected chi connectivity index (χ0v) is 20.7. The molecule has 2 saturated carbocycles. The lowest BCUT2D eigenvalue weighted by atomic mass is 9.60. The van der Waals surface area contributed by atoms with E-state index >= 15 is 0 Å². The fourth-order valence-corrected chi connectivity index (χ4v) is 6.19. The topological polar surface area (TPSA) is 102 Å². The van der Waals surface area contributed by atoms with E-state index in [1.807, 2.05) is 41.0 Å². The summed E-state index contributed by atoms with van der Waals surface area (Å²) in [5.74, 6) is 0.429. The van der Waals surface area contributed by atoms with Crippen LogP contribution in [-0.2, 0) is 5.54 Å². The maximum atomic E-state index is 10.8. The standard InChI is InChI=1S/C28H26N6OS/c1-36-26-33-32-22-14-13-21-25(34(22)26)31-24(17-5-3-2-4-6-17)23(30-21)18-7-9-19(10-8-18)27(29)15-28(35,16-27)20-11-12-20/h2-10,13-14,20,35H,11-12,15-16,29H2,1H3. The summed E-state index contributed by atoms with van der Waals surface area (Å²) in [5, 5.41) is 20.2. The second kappa shape index (κ2) is 7.83. The van der Waals surface area contributed by atoms with E-state index in [4.69, 9.17) is 15.7 Å². The third kappa shape index (κ3) is 3.36. The Kier molecular flexibility index (Phi) is 4.77. The average Bonchev–Trinajstić information content (AvgIpc) is 3.67. The summed E-state index contributed by atoms with van der Waals surface area (Å²) < 4.78 is 1.96. The number of thioether (sulfide) groups is 1. The Morgan fingerprint density at radius 2 is 1.58 bits per heavy atom. The highest BCUT2D eigenvalue weighted by Crippen LogP contribution is 2.57. The molecule has 0 spiro atoms. The average molecular weight is 495 g/mol. The van der Waals surface area contributed by atoms with Gasteiger partial charge in [-0.2, -0.15) is 0 Å². The number of fused-ring (bicyclic) bond motifs is 3. The Bertz CT molecular complexity index is 1600. The van der Waals surface area contributed by atoms with Crippen molar-refractivity contribution < 1.29 is 5.11 Å². The Hall–Kier alpha value is -3.33. The van der Waals surface area contributed by atoms with Crippen molar-refractivity contribution in [3.63, 3.8) is 0 Å². The Labute approximate surface area is 212 Å². The molecule has 3 heterocycles. The first kappa shape index (κ1) is 21.9. The first-order valence-corrected chi connectivity index (χ1v) is 13.5. The lowest BCUT2D eigenvalue weighted by Crippen LogP contribution is -2.60. The molecule has 2 aromatic carbocycles. The zero-order chi connectivity index (χ0) is 24.5. The molecule has 0 unspecified atom stereocenters. The van der Waals surface area contributed by atoms with Crippen LogP contribution in [-0.4, -0.2) is 41.5 Å². The van der Waals surface area contributed by atoms with Gasteiger partial charge in [-0.3, -0.25) is 4.40 Å². The number of hydrogen-bond acceptors (Lipinski definition) is 7. The fraction of sp³-hybridized carbons (Fsp3) is 0.286. The van der Waals surface area contributed by atoms with Gasteiger partial charge in [-0.05, 0) is 55.6 Å². The van der Waals surface area contributed by atoms with Crippen LogP contribution >= 0.6 is 11.8 Å². The summed E-state index contributed by atoms with van der Waals surface area (Å²) in [6.07, 6.45) is 5.47. The van der Waals surface area contributed by atoms with E-state index in [9.17, 15) is 5.11 Å². The summed E-state index contributed by atoms with van der Waals surface area (Å²) in [6, 6.07) is 22.3. The molecule has 7 rings (SSSR count). The predicted molar refractivity (Wildman–Crippen MR) is 142 cm³/mol. The van der Waals surface area contributed by atoms with Crippen molar-refractivity contribution in [1.29, 1.82) is 0 Å². The number of nitrogens with two attached hydrogens (primary N) is 1. The van der Waals surface area contributed by atoms with Gasteiger partial charge in [0.05, 0.1) is 17.0 Å². The van der Waals surface area contributed by atoms with Crippen molar-refractivity contribution in [2.24, 2.45) is 11.7 Å². The molecule has 0 bridgehead atoms. The molecule has 7 nitrogen and oxygen atoms in total. The first-order chi connectivity index (χ1) is 17.5. The lowest BCUT2D eigenvalue weighted by molar-refractivity contribution is -0.106. The number of aromatic nitrogens is 5. The third-order valence-electron chi connectivity index (χ3n) is 7.71. The van der Waals surface area contributed by atoms with E-state index in [0.29, 0.717) is 18.8 Å². The van der Waals surface area contributed by atoms with Gasteiger partial charge in [-0.1, -0.05) is 66.4 Å². The highest BCUT2D eigenvalue weighted by atomic mass is 32.2. The van der Waals surface area contributed by atoms with Crippen LogP contribution < -0.4 is 5.73 Å². The van der Waals surface area contributed by atoms with Crippen LogP contribution in [0.3, 0.4) is 0 Å². The van der Waals surface area contributed by atoms with Crippen molar-refractivity contribution in [1.82, 2.24) is 24.6 Å². The van der Waals surface area contributed by atoms with E-state index in [-0.39, 0.29) is 0 Å². The maximum absolute atomic E-state index is 10.8. The minimum atomic E-state index is -0.582. The van der Waals surface area contributed by atoms with Crippen LogP contribution in [0, 0.1) is 5.92 Å². The molecular weight excluding hydrogens is 468 g/mol. The van der Waals surface area contributed by atoms with Crippen molar-refractivity contribution in [3.8, 4) is 22.5 Å².